The Balaban J connectivity index is 0.000000125. The van der Waals surface area contributed by atoms with E-state index in [1.807, 2.05) is 49.6 Å². The molecule has 5 aromatic rings. The third-order valence-electron chi connectivity index (χ3n) is 4.45. The van der Waals surface area contributed by atoms with Crippen molar-refractivity contribution in [3.8, 4) is 0 Å². The molecule has 0 radical (unpaired) electrons. The smallest absolute Gasteiger partial charge is 0.269 e. The van der Waals surface area contributed by atoms with Gasteiger partial charge in [0.05, 0.1) is 4.92 Å². The Bertz CT molecular complexity index is 1060. The molecule has 0 unspecified atom stereocenters. The van der Waals surface area contributed by atoms with Gasteiger partial charge in [0.15, 0.2) is 0 Å². The first-order valence-corrected chi connectivity index (χ1v) is 9.45. The number of nitro benzene ring substituents is 1. The number of nitro groups is 1. The maximum Gasteiger partial charge on any atom is 0.269 e. The highest BCUT2D eigenvalue weighted by molar-refractivity contribution is 5.79. The third-order valence-corrected chi connectivity index (χ3v) is 4.45. The number of aromatic amines is 2. The molecule has 29 heavy (non-hydrogen) atoms. The number of hydrogen-bond acceptors (Lipinski definition) is 2. The fraction of sp³-hybridized carbons (Fsp3) is 0.0833. The Morgan fingerprint density at radius 2 is 1.31 bits per heavy atom. The first kappa shape index (κ1) is 19.9. The molecule has 2 heterocycles. The summed E-state index contributed by atoms with van der Waals surface area (Å²) in [6, 6.07) is 27.3. The summed E-state index contributed by atoms with van der Waals surface area (Å²) < 4.78 is 0. The van der Waals surface area contributed by atoms with Crippen LogP contribution in [0.5, 0.6) is 0 Å². The molecule has 0 atom stereocenters. The molecule has 0 fully saturated rings. The molecule has 0 saturated carbocycles. The molecule has 5 rings (SSSR count). The van der Waals surface area contributed by atoms with Crippen LogP contribution in [0.4, 0.5) is 5.69 Å². The highest BCUT2D eigenvalue weighted by Crippen LogP contribution is 2.13. The van der Waals surface area contributed by atoms with Crippen LogP contribution in [0.2, 0.25) is 0 Å². The number of H-pyrrole nitrogens is 2. The summed E-state index contributed by atoms with van der Waals surface area (Å²) in [7, 11) is 0. The standard InChI is InChI=1S/C8H9NO2.2C8H7N/c1-2-7-4-3-5-8(6-7)9(10)11;2*1-2-4-8-7(3-1)5-6-9-8/h3-6H,2H2,1H3;2*1-6,9H. The number of hydrogen-bond donors (Lipinski definition) is 2. The van der Waals surface area contributed by atoms with Gasteiger partial charge in [-0.25, -0.2) is 0 Å². The van der Waals surface area contributed by atoms with Gasteiger partial charge in [0, 0.05) is 35.6 Å². The van der Waals surface area contributed by atoms with Crippen molar-refractivity contribution < 1.29 is 4.92 Å². The lowest BCUT2D eigenvalue weighted by Crippen LogP contribution is -1.88. The van der Waals surface area contributed by atoms with Crippen molar-refractivity contribution in [2.45, 2.75) is 13.3 Å². The van der Waals surface area contributed by atoms with Gasteiger partial charge in [0.25, 0.3) is 5.69 Å². The summed E-state index contributed by atoms with van der Waals surface area (Å²) in [5.74, 6) is 0. The van der Waals surface area contributed by atoms with E-state index in [2.05, 4.69) is 46.4 Å². The molecule has 0 bridgehead atoms. The fourth-order valence-corrected chi connectivity index (χ4v) is 2.88. The molecule has 0 spiro atoms. The van der Waals surface area contributed by atoms with E-state index in [-0.39, 0.29) is 10.6 Å². The summed E-state index contributed by atoms with van der Waals surface area (Å²) in [6.07, 6.45) is 4.73. The van der Waals surface area contributed by atoms with E-state index in [1.54, 1.807) is 12.1 Å². The van der Waals surface area contributed by atoms with Crippen LogP contribution in [0.1, 0.15) is 12.5 Å². The predicted octanol–water partition coefficient (Wildman–Crippen LogP) is 6.49. The quantitative estimate of drug-likeness (QED) is 0.269. The summed E-state index contributed by atoms with van der Waals surface area (Å²) in [5.41, 5.74) is 3.58. The SMILES string of the molecule is CCc1cccc([N+](=O)[O-])c1.c1ccc2[nH]ccc2c1.c1ccc2[nH]ccc2c1. The molecule has 0 amide bonds. The zero-order valence-electron chi connectivity index (χ0n) is 16.2. The van der Waals surface area contributed by atoms with E-state index in [4.69, 9.17) is 0 Å². The first-order chi connectivity index (χ1) is 14.2. The van der Waals surface area contributed by atoms with Gasteiger partial charge in [-0.3, -0.25) is 10.1 Å². The van der Waals surface area contributed by atoms with E-state index in [0.29, 0.717) is 0 Å². The molecule has 146 valence electrons. The van der Waals surface area contributed by atoms with Gasteiger partial charge in [-0.15, -0.1) is 0 Å². The predicted molar refractivity (Wildman–Crippen MR) is 119 cm³/mol. The molecule has 5 heteroatoms. The van der Waals surface area contributed by atoms with Crippen LogP contribution >= 0.6 is 0 Å². The van der Waals surface area contributed by atoms with Crippen LogP contribution in [-0.4, -0.2) is 14.9 Å². The topological polar surface area (TPSA) is 74.7 Å². The van der Waals surface area contributed by atoms with Gasteiger partial charge < -0.3 is 9.97 Å². The van der Waals surface area contributed by atoms with Crippen molar-refractivity contribution >= 4 is 27.5 Å². The molecular weight excluding hydrogens is 362 g/mol. The zero-order chi connectivity index (χ0) is 20.5. The normalized spacial score (nSPS) is 9.97. The fourth-order valence-electron chi connectivity index (χ4n) is 2.88. The summed E-state index contributed by atoms with van der Waals surface area (Å²) >= 11 is 0. The van der Waals surface area contributed by atoms with Crippen LogP contribution in [0.3, 0.4) is 0 Å². The monoisotopic (exact) mass is 385 g/mol. The number of aromatic nitrogens is 2. The number of para-hydroxylation sites is 2. The molecular formula is C24H23N3O2. The molecule has 0 aliphatic carbocycles. The van der Waals surface area contributed by atoms with E-state index in [9.17, 15) is 10.1 Å². The van der Waals surface area contributed by atoms with Gasteiger partial charge in [-0.05, 0) is 47.0 Å². The van der Waals surface area contributed by atoms with E-state index in [0.717, 1.165) is 12.0 Å². The summed E-state index contributed by atoms with van der Waals surface area (Å²) in [4.78, 5) is 16.1. The second-order valence-corrected chi connectivity index (χ2v) is 6.41. The molecule has 3 aromatic carbocycles. The van der Waals surface area contributed by atoms with Gasteiger partial charge in [0.2, 0.25) is 0 Å². The molecule has 0 saturated heterocycles. The number of nitrogens with one attached hydrogen (secondary N) is 2. The third kappa shape index (κ3) is 5.56. The average molecular weight is 385 g/mol. The van der Waals surface area contributed by atoms with Crippen molar-refractivity contribution in [2.75, 3.05) is 0 Å². The molecule has 2 aromatic heterocycles. The van der Waals surface area contributed by atoms with E-state index in [1.165, 1.54) is 27.9 Å². The number of fused-ring (bicyclic) bond motifs is 2. The number of rotatable bonds is 2. The van der Waals surface area contributed by atoms with Crippen molar-refractivity contribution in [3.63, 3.8) is 0 Å². The van der Waals surface area contributed by atoms with Crippen molar-refractivity contribution in [1.82, 2.24) is 9.97 Å². The Morgan fingerprint density at radius 3 is 1.79 bits per heavy atom. The van der Waals surface area contributed by atoms with Gasteiger partial charge >= 0.3 is 0 Å². The van der Waals surface area contributed by atoms with Crippen LogP contribution in [0.15, 0.2) is 97.3 Å². The summed E-state index contributed by atoms with van der Waals surface area (Å²) in [5, 5.41) is 12.8. The van der Waals surface area contributed by atoms with Gasteiger partial charge in [-0.1, -0.05) is 55.5 Å². The average Bonchev–Trinajstić information content (AvgIpc) is 3.44. The highest BCUT2D eigenvalue weighted by Gasteiger charge is 2.03. The number of aryl methyl sites for hydroxylation is 1. The van der Waals surface area contributed by atoms with Crippen LogP contribution < -0.4 is 0 Å². The van der Waals surface area contributed by atoms with Crippen LogP contribution in [0.25, 0.3) is 21.8 Å². The van der Waals surface area contributed by atoms with Crippen molar-refractivity contribution in [3.05, 3.63) is 113 Å². The zero-order valence-corrected chi connectivity index (χ0v) is 16.2. The Hall–Kier alpha value is -3.86. The molecule has 0 aliphatic heterocycles. The molecule has 5 nitrogen and oxygen atoms in total. The van der Waals surface area contributed by atoms with Gasteiger partial charge in [-0.2, -0.15) is 0 Å². The first-order valence-electron chi connectivity index (χ1n) is 9.45. The minimum absolute atomic E-state index is 0.171. The highest BCUT2D eigenvalue weighted by atomic mass is 16.6. The second kappa shape index (κ2) is 9.90. The van der Waals surface area contributed by atoms with Crippen LogP contribution in [0, 0.1) is 10.1 Å². The lowest BCUT2D eigenvalue weighted by molar-refractivity contribution is -0.384. The summed E-state index contributed by atoms with van der Waals surface area (Å²) in [6.45, 7) is 1.97. The molecule has 0 aliphatic rings. The lowest BCUT2D eigenvalue weighted by Gasteiger charge is -1.94. The minimum atomic E-state index is -0.376. The minimum Gasteiger partial charge on any atom is -0.361 e. The lowest BCUT2D eigenvalue weighted by atomic mass is 10.1. The van der Waals surface area contributed by atoms with Crippen molar-refractivity contribution in [2.24, 2.45) is 0 Å². The maximum atomic E-state index is 10.3. The largest absolute Gasteiger partial charge is 0.361 e. The van der Waals surface area contributed by atoms with Gasteiger partial charge in [0.1, 0.15) is 0 Å². The number of benzene rings is 3. The van der Waals surface area contributed by atoms with Crippen molar-refractivity contribution in [1.29, 1.82) is 0 Å². The van der Waals surface area contributed by atoms with E-state index >= 15 is 0 Å². The molecule has 2 N–H and O–H groups in total. The Labute approximate surface area is 169 Å². The van der Waals surface area contributed by atoms with Crippen LogP contribution in [-0.2, 0) is 6.42 Å². The number of non-ortho nitro benzene ring substituents is 1. The number of nitrogens with zero attached hydrogens (tertiary/aromatic N) is 1. The Morgan fingerprint density at radius 1 is 0.759 bits per heavy atom. The second-order valence-electron chi connectivity index (χ2n) is 6.41. The maximum absolute atomic E-state index is 10.3. The van der Waals surface area contributed by atoms with E-state index < -0.39 is 0 Å². The Kier molecular flexibility index (Phi) is 6.79.